The zero-order valence-corrected chi connectivity index (χ0v) is 17.4. The molecule has 0 aliphatic heterocycles. The van der Waals surface area contributed by atoms with Gasteiger partial charge in [-0.1, -0.05) is 11.8 Å². The highest BCUT2D eigenvalue weighted by Gasteiger charge is 2.20. The molecule has 0 spiro atoms. The number of halogens is 1. The molecule has 0 radical (unpaired) electrons. The molecular weight excluding hydrogens is 403 g/mol. The molecule has 0 amide bonds. The van der Waals surface area contributed by atoms with Crippen LogP contribution in [-0.4, -0.2) is 35.6 Å². The standard InChI is InChI=1S/C21H19FN6OS/c1-12(14(3)29)28-13(2)17(10-26-28)15-7-19(30-21-18(22)5-4-6-24-21)20-16(8-23)9-25-27(20)11-15/h4-7,9-12,14,29H,1-3H3/t12-,14+/m1/s1. The van der Waals surface area contributed by atoms with Gasteiger partial charge in [0.25, 0.3) is 0 Å². The molecule has 152 valence electrons. The van der Waals surface area contributed by atoms with Gasteiger partial charge in [-0.3, -0.25) is 4.68 Å². The summed E-state index contributed by atoms with van der Waals surface area (Å²) < 4.78 is 17.6. The summed E-state index contributed by atoms with van der Waals surface area (Å²) in [5, 5.41) is 28.4. The maximum atomic E-state index is 14.2. The molecule has 0 aliphatic carbocycles. The van der Waals surface area contributed by atoms with Crippen LogP contribution in [0.2, 0.25) is 0 Å². The molecule has 0 saturated heterocycles. The Hall–Kier alpha value is -3.22. The number of aliphatic hydroxyl groups excluding tert-OH is 1. The topological polar surface area (TPSA) is 92.0 Å². The van der Waals surface area contributed by atoms with Gasteiger partial charge in [-0.2, -0.15) is 15.5 Å². The van der Waals surface area contributed by atoms with E-state index >= 15 is 0 Å². The first-order chi connectivity index (χ1) is 14.4. The van der Waals surface area contributed by atoms with Gasteiger partial charge < -0.3 is 5.11 Å². The van der Waals surface area contributed by atoms with Crippen molar-refractivity contribution in [1.29, 1.82) is 5.26 Å². The van der Waals surface area contributed by atoms with Crippen molar-refractivity contribution in [2.24, 2.45) is 0 Å². The van der Waals surface area contributed by atoms with E-state index in [4.69, 9.17) is 0 Å². The average Bonchev–Trinajstić information content (AvgIpc) is 3.32. The number of nitrogens with zero attached hydrogens (tertiary/aromatic N) is 6. The predicted octanol–water partition coefficient (Wildman–Crippen LogP) is 4.01. The van der Waals surface area contributed by atoms with E-state index in [9.17, 15) is 14.8 Å². The van der Waals surface area contributed by atoms with Crippen molar-refractivity contribution in [1.82, 2.24) is 24.4 Å². The Morgan fingerprint density at radius 1 is 1.27 bits per heavy atom. The molecule has 0 fully saturated rings. The van der Waals surface area contributed by atoms with E-state index in [0.717, 1.165) is 28.6 Å². The Kier molecular flexibility index (Phi) is 5.28. The molecule has 4 rings (SSSR count). The normalized spacial score (nSPS) is 13.3. The summed E-state index contributed by atoms with van der Waals surface area (Å²) in [7, 11) is 0. The molecule has 0 aliphatic rings. The Morgan fingerprint density at radius 3 is 2.77 bits per heavy atom. The minimum atomic E-state index is -0.554. The quantitative estimate of drug-likeness (QED) is 0.523. The van der Waals surface area contributed by atoms with Crippen molar-refractivity contribution in [3.63, 3.8) is 0 Å². The fraction of sp³-hybridized carbons (Fsp3) is 0.238. The molecule has 30 heavy (non-hydrogen) atoms. The molecule has 0 saturated carbocycles. The smallest absolute Gasteiger partial charge is 0.155 e. The van der Waals surface area contributed by atoms with Gasteiger partial charge in [-0.15, -0.1) is 0 Å². The van der Waals surface area contributed by atoms with Gasteiger partial charge in [0.15, 0.2) is 5.82 Å². The molecule has 1 N–H and O–H groups in total. The van der Waals surface area contributed by atoms with Gasteiger partial charge in [-0.25, -0.2) is 13.9 Å². The van der Waals surface area contributed by atoms with E-state index in [2.05, 4.69) is 21.3 Å². The minimum absolute atomic E-state index is 0.186. The summed E-state index contributed by atoms with van der Waals surface area (Å²) in [5.41, 5.74) is 3.56. The van der Waals surface area contributed by atoms with E-state index in [-0.39, 0.29) is 11.1 Å². The molecule has 0 bridgehead atoms. The van der Waals surface area contributed by atoms with Crippen LogP contribution < -0.4 is 0 Å². The van der Waals surface area contributed by atoms with Crippen LogP contribution >= 0.6 is 11.8 Å². The molecule has 0 aromatic carbocycles. The van der Waals surface area contributed by atoms with Crippen LogP contribution in [0.15, 0.2) is 52.9 Å². The van der Waals surface area contributed by atoms with Gasteiger partial charge in [0.1, 0.15) is 11.1 Å². The second kappa shape index (κ2) is 7.89. The van der Waals surface area contributed by atoms with E-state index < -0.39 is 11.9 Å². The summed E-state index contributed by atoms with van der Waals surface area (Å²) >= 11 is 1.15. The third-order valence-electron chi connectivity index (χ3n) is 5.07. The van der Waals surface area contributed by atoms with Crippen LogP contribution in [-0.2, 0) is 0 Å². The van der Waals surface area contributed by atoms with Crippen molar-refractivity contribution in [3.05, 3.63) is 60.1 Å². The number of aliphatic hydroxyl groups is 1. The number of fused-ring (bicyclic) bond motifs is 1. The molecular formula is C21H19FN6OS. The lowest BCUT2D eigenvalue weighted by molar-refractivity contribution is 0.131. The predicted molar refractivity (Wildman–Crippen MR) is 111 cm³/mol. The van der Waals surface area contributed by atoms with Crippen LogP contribution in [0.5, 0.6) is 0 Å². The maximum absolute atomic E-state index is 14.2. The van der Waals surface area contributed by atoms with Gasteiger partial charge >= 0.3 is 0 Å². The number of pyridine rings is 2. The van der Waals surface area contributed by atoms with Gasteiger partial charge in [0.2, 0.25) is 0 Å². The molecule has 4 aromatic rings. The van der Waals surface area contributed by atoms with Crippen LogP contribution in [0.25, 0.3) is 16.6 Å². The van der Waals surface area contributed by atoms with Crippen LogP contribution in [0.1, 0.15) is 31.1 Å². The first kappa shape index (κ1) is 20.1. The lowest BCUT2D eigenvalue weighted by Crippen LogP contribution is -2.20. The van der Waals surface area contributed by atoms with E-state index in [1.807, 2.05) is 26.1 Å². The fourth-order valence-corrected chi connectivity index (χ4v) is 4.24. The van der Waals surface area contributed by atoms with E-state index in [0.29, 0.717) is 16.0 Å². The fourth-order valence-electron chi connectivity index (χ4n) is 3.26. The van der Waals surface area contributed by atoms with Crippen molar-refractivity contribution < 1.29 is 9.50 Å². The maximum Gasteiger partial charge on any atom is 0.155 e. The van der Waals surface area contributed by atoms with E-state index in [1.165, 1.54) is 24.5 Å². The first-order valence-electron chi connectivity index (χ1n) is 9.33. The minimum Gasteiger partial charge on any atom is -0.391 e. The van der Waals surface area contributed by atoms with Crippen LogP contribution in [0.3, 0.4) is 0 Å². The summed E-state index contributed by atoms with van der Waals surface area (Å²) in [6, 6.07) is 6.72. The zero-order valence-electron chi connectivity index (χ0n) is 16.6. The Labute approximate surface area is 176 Å². The molecule has 4 aromatic heterocycles. The van der Waals surface area contributed by atoms with Gasteiger partial charge in [0, 0.05) is 34.1 Å². The highest BCUT2D eigenvalue weighted by atomic mass is 32.2. The van der Waals surface area contributed by atoms with Crippen LogP contribution in [0, 0.1) is 24.1 Å². The van der Waals surface area contributed by atoms with Crippen molar-refractivity contribution in [3.8, 4) is 17.2 Å². The van der Waals surface area contributed by atoms with Crippen LogP contribution in [0.4, 0.5) is 4.39 Å². The van der Waals surface area contributed by atoms with Crippen molar-refractivity contribution in [2.75, 3.05) is 0 Å². The number of rotatable bonds is 5. The third kappa shape index (κ3) is 3.44. The summed E-state index contributed by atoms with van der Waals surface area (Å²) in [6.07, 6.45) is 6.01. The molecule has 7 nitrogen and oxygen atoms in total. The number of hydrogen-bond acceptors (Lipinski definition) is 6. The van der Waals surface area contributed by atoms with E-state index in [1.54, 1.807) is 22.3 Å². The Morgan fingerprint density at radius 2 is 2.07 bits per heavy atom. The second-order valence-corrected chi connectivity index (χ2v) is 8.05. The largest absolute Gasteiger partial charge is 0.391 e. The summed E-state index contributed by atoms with van der Waals surface area (Å²) in [4.78, 5) is 4.78. The molecule has 2 atom stereocenters. The molecule has 4 heterocycles. The second-order valence-electron chi connectivity index (χ2n) is 7.02. The lowest BCUT2D eigenvalue weighted by atomic mass is 10.1. The monoisotopic (exact) mass is 422 g/mol. The lowest BCUT2D eigenvalue weighted by Gasteiger charge is -2.17. The summed E-state index contributed by atoms with van der Waals surface area (Å²) in [6.45, 7) is 5.55. The first-order valence-corrected chi connectivity index (χ1v) is 10.1. The number of hydrogen-bond donors (Lipinski definition) is 1. The summed E-state index contributed by atoms with van der Waals surface area (Å²) in [5.74, 6) is -0.432. The average molecular weight is 422 g/mol. The van der Waals surface area contributed by atoms with Gasteiger partial charge in [-0.05, 0) is 39.0 Å². The Bertz CT molecular complexity index is 1270. The van der Waals surface area contributed by atoms with Crippen molar-refractivity contribution in [2.45, 2.75) is 42.8 Å². The van der Waals surface area contributed by atoms with Gasteiger partial charge in [0.05, 0.1) is 35.6 Å². The third-order valence-corrected chi connectivity index (χ3v) is 6.09. The number of nitriles is 1. The molecule has 0 unspecified atom stereocenters. The Balaban J connectivity index is 1.87. The highest BCUT2D eigenvalue weighted by Crippen LogP contribution is 2.36. The SMILES string of the molecule is Cc1c(-c2cc(Sc3ncccc3F)c3c(C#N)cnn3c2)cnn1[C@H](C)[C@H](C)O. The zero-order chi connectivity index (χ0) is 21.4. The molecule has 9 heteroatoms. The highest BCUT2D eigenvalue weighted by molar-refractivity contribution is 7.99. The number of aromatic nitrogens is 5. The van der Waals surface area contributed by atoms with Crippen molar-refractivity contribution >= 4 is 17.3 Å².